The molecule has 0 saturated carbocycles. The van der Waals surface area contributed by atoms with E-state index in [1.165, 1.54) is 0 Å². The van der Waals surface area contributed by atoms with Crippen LogP contribution < -0.4 is 5.32 Å². The number of carbonyl (C=O) groups is 1. The second kappa shape index (κ2) is 4.75. The normalized spacial score (nSPS) is 20.4. The van der Waals surface area contributed by atoms with Crippen molar-refractivity contribution in [3.8, 4) is 5.75 Å². The number of aryl methyl sites for hydroxylation is 1. The first kappa shape index (κ1) is 11.9. The highest BCUT2D eigenvalue weighted by molar-refractivity contribution is 5.94. The van der Waals surface area contributed by atoms with Gasteiger partial charge in [0.2, 0.25) is 0 Å². The van der Waals surface area contributed by atoms with Crippen molar-refractivity contribution in [3.63, 3.8) is 0 Å². The first-order chi connectivity index (χ1) is 8.08. The second-order valence-electron chi connectivity index (χ2n) is 4.61. The minimum Gasteiger partial charge on any atom is -0.508 e. The molecule has 1 amide bonds. The molecule has 0 aliphatic carbocycles. The Labute approximate surface area is 101 Å². The lowest BCUT2D eigenvalue weighted by molar-refractivity contribution is 0.0709. The third-order valence-electron chi connectivity index (χ3n) is 3.10. The van der Waals surface area contributed by atoms with E-state index >= 15 is 0 Å². The predicted octanol–water partition coefficient (Wildman–Crippen LogP) is 1.13. The molecule has 0 radical (unpaired) electrons. The van der Waals surface area contributed by atoms with Gasteiger partial charge in [0.1, 0.15) is 5.75 Å². The number of hydrogen-bond acceptors (Lipinski definition) is 3. The smallest absolute Gasteiger partial charge is 0.253 e. The molecule has 0 aromatic heterocycles. The van der Waals surface area contributed by atoms with Crippen LogP contribution in [0.25, 0.3) is 0 Å². The lowest BCUT2D eigenvalue weighted by atomic mass is 10.1. The number of benzene rings is 1. The number of rotatable bonds is 1. The van der Waals surface area contributed by atoms with Gasteiger partial charge in [-0.25, -0.2) is 0 Å². The fourth-order valence-corrected chi connectivity index (χ4v) is 2.09. The van der Waals surface area contributed by atoms with Crippen molar-refractivity contribution < 1.29 is 9.90 Å². The molecule has 4 nitrogen and oxygen atoms in total. The maximum Gasteiger partial charge on any atom is 0.253 e. The Hall–Kier alpha value is -1.55. The van der Waals surface area contributed by atoms with E-state index in [0.29, 0.717) is 11.6 Å². The van der Waals surface area contributed by atoms with Gasteiger partial charge in [0.25, 0.3) is 5.91 Å². The van der Waals surface area contributed by atoms with Crippen molar-refractivity contribution in [2.75, 3.05) is 19.6 Å². The van der Waals surface area contributed by atoms with Gasteiger partial charge in [-0.3, -0.25) is 4.79 Å². The maximum absolute atomic E-state index is 12.2. The van der Waals surface area contributed by atoms with Crippen LogP contribution in [0.3, 0.4) is 0 Å². The van der Waals surface area contributed by atoms with Crippen molar-refractivity contribution in [2.24, 2.45) is 0 Å². The number of phenols is 1. The summed E-state index contributed by atoms with van der Waals surface area (Å²) in [5.74, 6) is 0.275. The van der Waals surface area contributed by atoms with E-state index in [1.807, 2.05) is 4.90 Å². The Morgan fingerprint density at radius 3 is 2.94 bits per heavy atom. The Bertz CT molecular complexity index is 431. The fraction of sp³-hybridized carbons (Fsp3) is 0.462. The molecule has 1 aliphatic heterocycles. The van der Waals surface area contributed by atoms with E-state index in [4.69, 9.17) is 0 Å². The predicted molar refractivity (Wildman–Crippen MR) is 66.2 cm³/mol. The highest BCUT2D eigenvalue weighted by atomic mass is 16.3. The Balaban J connectivity index is 2.15. The molecule has 1 heterocycles. The molecule has 1 fully saturated rings. The first-order valence-corrected chi connectivity index (χ1v) is 5.90. The summed E-state index contributed by atoms with van der Waals surface area (Å²) in [7, 11) is 0. The Kier molecular flexibility index (Phi) is 3.33. The molecule has 0 unspecified atom stereocenters. The van der Waals surface area contributed by atoms with Gasteiger partial charge in [-0.1, -0.05) is 0 Å². The lowest BCUT2D eigenvalue weighted by Crippen LogP contribution is -2.51. The number of nitrogens with zero attached hydrogens (tertiary/aromatic N) is 1. The molecular weight excluding hydrogens is 216 g/mol. The molecule has 1 aliphatic rings. The van der Waals surface area contributed by atoms with Crippen LogP contribution in [0.1, 0.15) is 22.8 Å². The van der Waals surface area contributed by atoms with Crippen molar-refractivity contribution in [3.05, 3.63) is 29.3 Å². The highest BCUT2D eigenvalue weighted by Gasteiger charge is 2.21. The summed E-state index contributed by atoms with van der Waals surface area (Å²) in [5.41, 5.74) is 1.38. The molecular formula is C13H18N2O2. The molecule has 0 bridgehead atoms. The number of nitrogens with one attached hydrogen (secondary N) is 1. The molecule has 4 heteroatoms. The van der Waals surface area contributed by atoms with Gasteiger partial charge in [0, 0.05) is 31.2 Å². The molecule has 2 N–H and O–H groups in total. The SMILES string of the molecule is Cc1cc(C(=O)N2CCN[C@H](C)C2)ccc1O. The summed E-state index contributed by atoms with van der Waals surface area (Å²) in [6.45, 7) is 6.18. The number of carbonyl (C=O) groups excluding carboxylic acids is 1. The number of phenolic OH excluding ortho intramolecular Hbond substituents is 1. The Morgan fingerprint density at radius 1 is 1.53 bits per heavy atom. The largest absolute Gasteiger partial charge is 0.508 e. The minimum absolute atomic E-state index is 0.0430. The molecule has 1 aromatic rings. The monoisotopic (exact) mass is 234 g/mol. The van der Waals surface area contributed by atoms with E-state index < -0.39 is 0 Å². The van der Waals surface area contributed by atoms with Crippen LogP contribution in [0.15, 0.2) is 18.2 Å². The van der Waals surface area contributed by atoms with Gasteiger partial charge in [-0.15, -0.1) is 0 Å². The van der Waals surface area contributed by atoms with E-state index in [-0.39, 0.29) is 11.7 Å². The van der Waals surface area contributed by atoms with E-state index in [2.05, 4.69) is 12.2 Å². The van der Waals surface area contributed by atoms with Crippen LogP contribution in [0.4, 0.5) is 0 Å². The standard InChI is InChI=1S/C13H18N2O2/c1-9-7-11(3-4-12(9)16)13(17)15-6-5-14-10(2)8-15/h3-4,7,10,14,16H,5-6,8H2,1-2H3/t10-/m1/s1. The zero-order valence-electron chi connectivity index (χ0n) is 10.2. The second-order valence-corrected chi connectivity index (χ2v) is 4.61. The van der Waals surface area contributed by atoms with E-state index in [1.54, 1.807) is 25.1 Å². The van der Waals surface area contributed by atoms with Crippen LogP contribution in [-0.4, -0.2) is 41.6 Å². The van der Waals surface area contributed by atoms with Crippen LogP contribution in [0.2, 0.25) is 0 Å². The number of piperazine rings is 1. The molecule has 1 saturated heterocycles. The average molecular weight is 234 g/mol. The van der Waals surface area contributed by atoms with E-state index in [0.717, 1.165) is 25.2 Å². The summed E-state index contributed by atoms with van der Waals surface area (Å²) in [6.07, 6.45) is 0. The third kappa shape index (κ3) is 2.58. The Morgan fingerprint density at radius 2 is 2.29 bits per heavy atom. The van der Waals surface area contributed by atoms with Gasteiger partial charge in [0.05, 0.1) is 0 Å². The summed E-state index contributed by atoms with van der Waals surface area (Å²) in [5, 5.41) is 12.7. The molecule has 2 rings (SSSR count). The maximum atomic E-state index is 12.2. The molecule has 0 spiro atoms. The van der Waals surface area contributed by atoms with Crippen molar-refractivity contribution >= 4 is 5.91 Å². The molecule has 1 atom stereocenters. The number of aromatic hydroxyl groups is 1. The van der Waals surface area contributed by atoms with Crippen LogP contribution >= 0.6 is 0 Å². The van der Waals surface area contributed by atoms with Crippen LogP contribution in [0, 0.1) is 6.92 Å². The fourth-order valence-electron chi connectivity index (χ4n) is 2.09. The lowest BCUT2D eigenvalue weighted by Gasteiger charge is -2.32. The minimum atomic E-state index is 0.0430. The summed E-state index contributed by atoms with van der Waals surface area (Å²) < 4.78 is 0. The topological polar surface area (TPSA) is 52.6 Å². The molecule has 1 aromatic carbocycles. The van der Waals surface area contributed by atoms with Crippen LogP contribution in [-0.2, 0) is 0 Å². The summed E-state index contributed by atoms with van der Waals surface area (Å²) in [4.78, 5) is 14.1. The van der Waals surface area contributed by atoms with Gasteiger partial charge >= 0.3 is 0 Å². The average Bonchev–Trinajstić information content (AvgIpc) is 2.32. The van der Waals surface area contributed by atoms with Crippen LogP contribution in [0.5, 0.6) is 5.75 Å². The van der Waals surface area contributed by atoms with Crippen molar-refractivity contribution in [1.82, 2.24) is 10.2 Å². The van der Waals surface area contributed by atoms with Crippen molar-refractivity contribution in [2.45, 2.75) is 19.9 Å². The number of hydrogen-bond donors (Lipinski definition) is 2. The van der Waals surface area contributed by atoms with Gasteiger partial charge in [0.15, 0.2) is 0 Å². The summed E-state index contributed by atoms with van der Waals surface area (Å²) in [6, 6.07) is 5.33. The third-order valence-corrected chi connectivity index (χ3v) is 3.10. The van der Waals surface area contributed by atoms with Gasteiger partial charge in [-0.05, 0) is 37.6 Å². The molecule has 17 heavy (non-hydrogen) atoms. The van der Waals surface area contributed by atoms with Gasteiger partial charge in [-0.2, -0.15) is 0 Å². The first-order valence-electron chi connectivity index (χ1n) is 5.90. The zero-order chi connectivity index (χ0) is 12.4. The van der Waals surface area contributed by atoms with Crippen molar-refractivity contribution in [1.29, 1.82) is 0 Å². The quantitative estimate of drug-likeness (QED) is 0.766. The van der Waals surface area contributed by atoms with Gasteiger partial charge < -0.3 is 15.3 Å². The zero-order valence-corrected chi connectivity index (χ0v) is 10.2. The summed E-state index contributed by atoms with van der Waals surface area (Å²) >= 11 is 0. The molecule has 92 valence electrons. The van der Waals surface area contributed by atoms with E-state index in [9.17, 15) is 9.90 Å². The number of amides is 1. The highest BCUT2D eigenvalue weighted by Crippen LogP contribution is 2.18.